The van der Waals surface area contributed by atoms with Crippen LogP contribution in [0.25, 0.3) is 10.4 Å². The van der Waals surface area contributed by atoms with Gasteiger partial charge < -0.3 is 10.0 Å². The average molecular weight is 307 g/mol. The van der Waals surface area contributed by atoms with Crippen LogP contribution in [-0.2, 0) is 0 Å². The molecule has 20 heavy (non-hydrogen) atoms. The molecule has 106 valence electrons. The van der Waals surface area contributed by atoms with Gasteiger partial charge in [-0.15, -0.1) is 11.3 Å². The minimum atomic E-state index is -1.45. The predicted molar refractivity (Wildman–Crippen MR) is 88.3 cm³/mol. The summed E-state index contributed by atoms with van der Waals surface area (Å²) in [6.45, 7) is 6.21. The second-order valence-electron chi connectivity index (χ2n) is 5.55. The Balaban J connectivity index is 2.29. The van der Waals surface area contributed by atoms with E-state index < -0.39 is 7.12 Å². The van der Waals surface area contributed by atoms with Gasteiger partial charge in [0.15, 0.2) is 0 Å². The highest BCUT2D eigenvalue weighted by Crippen LogP contribution is 2.32. The van der Waals surface area contributed by atoms with Gasteiger partial charge in [-0.1, -0.05) is 30.3 Å². The second-order valence-corrected chi connectivity index (χ2v) is 7.67. The molecule has 0 unspecified atom stereocenters. The molecule has 2 rings (SSSR count). The van der Waals surface area contributed by atoms with Gasteiger partial charge in [0, 0.05) is 15.9 Å². The highest BCUT2D eigenvalue weighted by Gasteiger charge is 2.22. The molecule has 0 aliphatic heterocycles. The molecule has 0 saturated heterocycles. The monoisotopic (exact) mass is 307 g/mol. The Morgan fingerprint density at radius 1 is 1.15 bits per heavy atom. The number of hydrogen-bond donors (Lipinski definition) is 3. The third kappa shape index (κ3) is 4.10. The van der Waals surface area contributed by atoms with E-state index in [1.807, 2.05) is 36.4 Å². The Morgan fingerprint density at radius 2 is 1.80 bits per heavy atom. The summed E-state index contributed by atoms with van der Waals surface area (Å²) in [5.74, 6) is 0. The molecule has 1 aromatic heterocycles. The Bertz CT molecular complexity index is 564. The Labute approximate surface area is 128 Å². The average Bonchev–Trinajstić information content (AvgIpc) is 2.81. The summed E-state index contributed by atoms with van der Waals surface area (Å²) < 4.78 is 4.19. The van der Waals surface area contributed by atoms with Crippen LogP contribution in [0.1, 0.15) is 20.8 Å². The maximum Gasteiger partial charge on any atom is 0.490 e. The van der Waals surface area contributed by atoms with Crippen molar-refractivity contribution in [3.8, 4) is 10.4 Å². The molecule has 1 aromatic carbocycles. The minimum Gasteiger partial charge on any atom is -0.423 e. The summed E-state index contributed by atoms with van der Waals surface area (Å²) in [5.41, 5.74) is 1.59. The number of benzene rings is 1. The summed E-state index contributed by atoms with van der Waals surface area (Å²) in [7, 11) is -1.45. The molecule has 0 fully saturated rings. The number of thiophene rings is 1. The van der Waals surface area contributed by atoms with Gasteiger partial charge in [0.05, 0.1) is 4.21 Å². The second kappa shape index (κ2) is 6.32. The fraction of sp³-hybridized carbons (Fsp3) is 0.286. The van der Waals surface area contributed by atoms with E-state index in [2.05, 4.69) is 25.5 Å². The Kier molecular flexibility index (Phi) is 4.93. The lowest BCUT2D eigenvalue weighted by Crippen LogP contribution is -2.33. The molecule has 0 spiro atoms. The highest BCUT2D eigenvalue weighted by atomic mass is 32.2. The molecular formula is C14H18BNO2S2. The van der Waals surface area contributed by atoms with Gasteiger partial charge >= 0.3 is 7.12 Å². The van der Waals surface area contributed by atoms with E-state index in [1.165, 1.54) is 11.9 Å². The zero-order chi connectivity index (χ0) is 14.8. The van der Waals surface area contributed by atoms with Crippen molar-refractivity contribution in [1.29, 1.82) is 0 Å². The maximum atomic E-state index is 9.52. The van der Waals surface area contributed by atoms with Crippen molar-refractivity contribution in [3.05, 3.63) is 36.4 Å². The van der Waals surface area contributed by atoms with Crippen molar-refractivity contribution in [1.82, 2.24) is 4.72 Å². The summed E-state index contributed by atoms with van der Waals surface area (Å²) in [5, 5.41) is 19.0. The lowest BCUT2D eigenvalue weighted by molar-refractivity contribution is 0.425. The van der Waals surface area contributed by atoms with E-state index in [1.54, 1.807) is 11.3 Å². The first-order valence-electron chi connectivity index (χ1n) is 6.36. The smallest absolute Gasteiger partial charge is 0.423 e. The Hall–Kier alpha value is -0.785. The lowest BCUT2D eigenvalue weighted by atomic mass is 9.82. The van der Waals surface area contributed by atoms with E-state index in [-0.39, 0.29) is 5.54 Å². The van der Waals surface area contributed by atoms with Crippen molar-refractivity contribution >= 4 is 35.9 Å². The molecular weight excluding hydrogens is 289 g/mol. The van der Waals surface area contributed by atoms with Crippen LogP contribution in [0.4, 0.5) is 0 Å². The van der Waals surface area contributed by atoms with Gasteiger partial charge in [0.25, 0.3) is 0 Å². The highest BCUT2D eigenvalue weighted by molar-refractivity contribution is 7.99. The summed E-state index contributed by atoms with van der Waals surface area (Å²) in [4.78, 5) is 1.03. The van der Waals surface area contributed by atoms with Crippen LogP contribution >= 0.6 is 23.3 Å². The van der Waals surface area contributed by atoms with Gasteiger partial charge in [-0.2, -0.15) is 0 Å². The van der Waals surface area contributed by atoms with Gasteiger partial charge in [0.1, 0.15) is 0 Å². The zero-order valence-electron chi connectivity index (χ0n) is 11.8. The van der Waals surface area contributed by atoms with Crippen LogP contribution < -0.4 is 10.2 Å². The van der Waals surface area contributed by atoms with Crippen molar-refractivity contribution in [3.63, 3.8) is 0 Å². The summed E-state index contributed by atoms with van der Waals surface area (Å²) in [6.07, 6.45) is 0. The quantitative estimate of drug-likeness (QED) is 0.600. The maximum absolute atomic E-state index is 9.52. The number of nitrogens with one attached hydrogen (secondary N) is 1. The standard InChI is InChI=1S/C14H18BNO2S2/c1-14(2,3)16-20-13-11(15(17)18)9-12(19-13)10-7-5-4-6-8-10/h4-9,16-18H,1-3H3. The normalized spacial score (nSPS) is 11.7. The van der Waals surface area contributed by atoms with Crippen LogP contribution in [-0.4, -0.2) is 22.7 Å². The molecule has 3 nitrogen and oxygen atoms in total. The molecule has 0 saturated carbocycles. The predicted octanol–water partition coefficient (Wildman–Crippen LogP) is 2.49. The van der Waals surface area contributed by atoms with Gasteiger partial charge in [-0.05, 0) is 44.3 Å². The molecule has 3 N–H and O–H groups in total. The molecule has 6 heteroatoms. The molecule has 0 aliphatic carbocycles. The van der Waals surface area contributed by atoms with E-state index in [4.69, 9.17) is 0 Å². The van der Waals surface area contributed by atoms with Crippen molar-refractivity contribution in [2.75, 3.05) is 0 Å². The largest absolute Gasteiger partial charge is 0.490 e. The zero-order valence-corrected chi connectivity index (χ0v) is 13.4. The van der Waals surface area contributed by atoms with Gasteiger partial charge in [0.2, 0.25) is 0 Å². The van der Waals surface area contributed by atoms with Crippen molar-refractivity contribution in [2.24, 2.45) is 0 Å². The van der Waals surface area contributed by atoms with Crippen molar-refractivity contribution in [2.45, 2.75) is 30.5 Å². The van der Waals surface area contributed by atoms with E-state index in [0.717, 1.165) is 14.6 Å². The van der Waals surface area contributed by atoms with E-state index in [0.29, 0.717) is 5.46 Å². The van der Waals surface area contributed by atoms with E-state index >= 15 is 0 Å². The fourth-order valence-electron chi connectivity index (χ4n) is 1.59. The minimum absolute atomic E-state index is 0.0424. The molecule has 0 bridgehead atoms. The summed E-state index contributed by atoms with van der Waals surface area (Å²) in [6, 6.07) is 11.8. The van der Waals surface area contributed by atoms with Crippen LogP contribution in [0, 0.1) is 0 Å². The van der Waals surface area contributed by atoms with Crippen LogP contribution in [0.5, 0.6) is 0 Å². The van der Waals surface area contributed by atoms with Crippen LogP contribution in [0.2, 0.25) is 0 Å². The molecule has 0 aliphatic rings. The molecule has 0 amide bonds. The van der Waals surface area contributed by atoms with E-state index in [9.17, 15) is 10.0 Å². The first-order valence-corrected chi connectivity index (χ1v) is 7.99. The Morgan fingerprint density at radius 3 is 2.35 bits per heavy atom. The number of hydrogen-bond acceptors (Lipinski definition) is 5. The van der Waals surface area contributed by atoms with Gasteiger partial charge in [-0.3, -0.25) is 4.72 Å². The molecule has 0 atom stereocenters. The van der Waals surface area contributed by atoms with Gasteiger partial charge in [-0.25, -0.2) is 0 Å². The molecule has 2 aromatic rings. The number of rotatable bonds is 4. The third-order valence-electron chi connectivity index (χ3n) is 2.51. The first-order chi connectivity index (χ1) is 9.37. The third-order valence-corrected chi connectivity index (χ3v) is 5.14. The van der Waals surface area contributed by atoms with Crippen LogP contribution in [0.3, 0.4) is 0 Å². The SMILES string of the molecule is CC(C)(C)NSc1sc(-c2ccccc2)cc1B(O)O. The van der Waals surface area contributed by atoms with Crippen molar-refractivity contribution < 1.29 is 10.0 Å². The fourth-order valence-corrected chi connectivity index (χ4v) is 3.76. The molecule has 0 radical (unpaired) electrons. The van der Waals surface area contributed by atoms with Crippen LogP contribution in [0.15, 0.2) is 40.6 Å². The topological polar surface area (TPSA) is 52.5 Å². The molecule has 1 heterocycles. The first kappa shape index (κ1) is 15.6. The lowest BCUT2D eigenvalue weighted by Gasteiger charge is -2.19. The summed E-state index contributed by atoms with van der Waals surface area (Å²) >= 11 is 3.01.